The summed E-state index contributed by atoms with van der Waals surface area (Å²) in [5.74, 6) is -0.750. The van der Waals surface area contributed by atoms with Crippen LogP contribution in [0.1, 0.15) is 43.9 Å². The molecule has 0 radical (unpaired) electrons. The molecule has 0 unspecified atom stereocenters. The highest BCUT2D eigenvalue weighted by atomic mass is 35.5. The number of benzene rings is 2. The number of rotatable bonds is 10. The molecule has 0 bridgehead atoms. The van der Waals surface area contributed by atoms with Gasteiger partial charge in [0, 0.05) is 17.6 Å². The van der Waals surface area contributed by atoms with Crippen LogP contribution in [0.4, 0.5) is 5.69 Å². The summed E-state index contributed by atoms with van der Waals surface area (Å²) in [7, 11) is -3.80. The van der Waals surface area contributed by atoms with E-state index in [-0.39, 0.29) is 18.5 Å². The van der Waals surface area contributed by atoms with Gasteiger partial charge in [0.15, 0.2) is 0 Å². The van der Waals surface area contributed by atoms with Crippen molar-refractivity contribution in [3.05, 3.63) is 64.2 Å². The molecule has 9 heteroatoms. The molecule has 0 heterocycles. The molecule has 0 spiro atoms. The summed E-state index contributed by atoms with van der Waals surface area (Å²) in [4.78, 5) is 28.1. The summed E-state index contributed by atoms with van der Waals surface area (Å²) in [6, 6.07) is 11.6. The fourth-order valence-corrected chi connectivity index (χ4v) is 4.64. The molecular weight excluding hydrogens is 474 g/mol. The molecule has 0 saturated carbocycles. The average molecular weight is 508 g/mol. The smallest absolute Gasteiger partial charge is 0.244 e. The highest BCUT2D eigenvalue weighted by Crippen LogP contribution is 2.25. The molecule has 2 aromatic rings. The van der Waals surface area contributed by atoms with Crippen LogP contribution in [0.25, 0.3) is 0 Å². The molecule has 0 aromatic heterocycles. The number of aryl methyl sites for hydroxylation is 2. The van der Waals surface area contributed by atoms with Crippen LogP contribution in [0.2, 0.25) is 5.02 Å². The van der Waals surface area contributed by atoms with Crippen molar-refractivity contribution < 1.29 is 18.0 Å². The third-order valence-electron chi connectivity index (χ3n) is 5.54. The Labute approximate surface area is 208 Å². The number of hydrogen-bond donors (Lipinski definition) is 1. The van der Waals surface area contributed by atoms with Gasteiger partial charge in [-0.05, 0) is 62.9 Å². The van der Waals surface area contributed by atoms with Crippen molar-refractivity contribution in [3.63, 3.8) is 0 Å². The van der Waals surface area contributed by atoms with E-state index in [2.05, 4.69) is 5.32 Å². The van der Waals surface area contributed by atoms with Crippen LogP contribution in [-0.4, -0.2) is 50.0 Å². The summed E-state index contributed by atoms with van der Waals surface area (Å²) in [6.07, 6.45) is 1.42. The van der Waals surface area contributed by atoms with E-state index in [9.17, 15) is 18.0 Å². The van der Waals surface area contributed by atoms with Crippen LogP contribution >= 0.6 is 11.6 Å². The second-order valence-corrected chi connectivity index (χ2v) is 11.1. The Balaban J connectivity index is 2.48. The van der Waals surface area contributed by atoms with Gasteiger partial charge in [-0.15, -0.1) is 0 Å². The second-order valence-electron chi connectivity index (χ2n) is 8.74. The number of sulfonamides is 1. The lowest BCUT2D eigenvalue weighted by Crippen LogP contribution is -2.53. The molecule has 1 N–H and O–H groups in total. The first-order valence-corrected chi connectivity index (χ1v) is 13.5. The maximum atomic E-state index is 13.6. The molecule has 0 aliphatic carbocycles. The zero-order valence-electron chi connectivity index (χ0n) is 20.6. The molecule has 0 fully saturated rings. The van der Waals surface area contributed by atoms with Gasteiger partial charge in [-0.25, -0.2) is 8.42 Å². The van der Waals surface area contributed by atoms with Gasteiger partial charge < -0.3 is 10.2 Å². The van der Waals surface area contributed by atoms with Gasteiger partial charge in [-0.1, -0.05) is 48.9 Å². The SMILES string of the molecule is CC[C@@H](C(=O)NC(C)C)N(Cc1ccccc1C)C(=O)CN(c1ccc(C)c(Cl)c1)S(C)(=O)=O. The number of halogens is 1. The number of nitrogens with zero attached hydrogens (tertiary/aromatic N) is 2. The van der Waals surface area contributed by atoms with Crippen molar-refractivity contribution >= 4 is 39.1 Å². The minimum atomic E-state index is -3.80. The summed E-state index contributed by atoms with van der Waals surface area (Å²) in [6.45, 7) is 9.01. The van der Waals surface area contributed by atoms with Gasteiger partial charge in [0.25, 0.3) is 0 Å². The van der Waals surface area contributed by atoms with Crippen LogP contribution in [-0.2, 0) is 26.2 Å². The third kappa shape index (κ3) is 7.21. The van der Waals surface area contributed by atoms with Crippen molar-refractivity contribution in [2.75, 3.05) is 17.1 Å². The molecule has 2 aromatic carbocycles. The molecule has 2 amide bonds. The number of carbonyl (C=O) groups excluding carboxylic acids is 2. The predicted octanol–water partition coefficient (Wildman–Crippen LogP) is 4.05. The fraction of sp³-hybridized carbons (Fsp3) is 0.440. The maximum absolute atomic E-state index is 13.6. The van der Waals surface area contributed by atoms with Crippen LogP contribution in [0.3, 0.4) is 0 Å². The lowest BCUT2D eigenvalue weighted by molar-refractivity contribution is -0.140. The third-order valence-corrected chi connectivity index (χ3v) is 7.09. The fourth-order valence-electron chi connectivity index (χ4n) is 3.62. The number of hydrogen-bond acceptors (Lipinski definition) is 4. The zero-order valence-corrected chi connectivity index (χ0v) is 22.2. The first-order valence-electron chi connectivity index (χ1n) is 11.2. The molecule has 186 valence electrons. The van der Waals surface area contributed by atoms with Crippen molar-refractivity contribution in [2.24, 2.45) is 0 Å². The van der Waals surface area contributed by atoms with E-state index in [1.54, 1.807) is 12.1 Å². The number of amides is 2. The van der Waals surface area contributed by atoms with Gasteiger partial charge in [0.1, 0.15) is 12.6 Å². The number of nitrogens with one attached hydrogen (secondary N) is 1. The van der Waals surface area contributed by atoms with Gasteiger partial charge in [-0.2, -0.15) is 0 Å². The Kier molecular flexibility index (Phi) is 9.53. The van der Waals surface area contributed by atoms with E-state index in [0.29, 0.717) is 17.1 Å². The van der Waals surface area contributed by atoms with Gasteiger partial charge >= 0.3 is 0 Å². The first-order chi connectivity index (χ1) is 15.8. The highest BCUT2D eigenvalue weighted by molar-refractivity contribution is 7.92. The van der Waals surface area contributed by atoms with Crippen LogP contribution in [0.5, 0.6) is 0 Å². The lowest BCUT2D eigenvalue weighted by Gasteiger charge is -2.33. The summed E-state index contributed by atoms with van der Waals surface area (Å²) >= 11 is 6.22. The first kappa shape index (κ1) is 27.7. The van der Waals surface area contributed by atoms with E-state index in [0.717, 1.165) is 27.3 Å². The predicted molar refractivity (Wildman–Crippen MR) is 137 cm³/mol. The molecule has 0 aliphatic rings. The molecule has 0 saturated heterocycles. The van der Waals surface area contributed by atoms with E-state index in [4.69, 9.17) is 11.6 Å². The number of anilines is 1. The summed E-state index contributed by atoms with van der Waals surface area (Å²) in [5, 5.41) is 3.28. The van der Waals surface area contributed by atoms with Crippen molar-refractivity contribution in [1.82, 2.24) is 10.2 Å². The van der Waals surface area contributed by atoms with Crippen molar-refractivity contribution in [2.45, 2.75) is 59.7 Å². The summed E-state index contributed by atoms with van der Waals surface area (Å²) in [5.41, 5.74) is 2.95. The van der Waals surface area contributed by atoms with Crippen LogP contribution in [0, 0.1) is 13.8 Å². The van der Waals surface area contributed by atoms with Gasteiger partial charge in [0.2, 0.25) is 21.8 Å². The van der Waals surface area contributed by atoms with Crippen LogP contribution < -0.4 is 9.62 Å². The Morgan fingerprint density at radius 1 is 1.06 bits per heavy atom. The minimum absolute atomic E-state index is 0.0980. The standard InChI is InChI=1S/C25H34ClN3O4S/c1-7-23(25(31)27-17(2)3)28(15-20-11-9-8-10-18(20)4)24(30)16-29(34(6,32)33)21-13-12-19(5)22(26)14-21/h8-14,17,23H,7,15-16H2,1-6H3,(H,27,31)/t23-/m0/s1. The van der Waals surface area contributed by atoms with E-state index in [1.165, 1.54) is 11.0 Å². The molecule has 2 rings (SSSR count). The zero-order chi connectivity index (χ0) is 25.6. The molecule has 1 atom stereocenters. The largest absolute Gasteiger partial charge is 0.352 e. The maximum Gasteiger partial charge on any atom is 0.244 e. The summed E-state index contributed by atoms with van der Waals surface area (Å²) < 4.78 is 26.3. The highest BCUT2D eigenvalue weighted by Gasteiger charge is 2.32. The van der Waals surface area contributed by atoms with E-state index in [1.807, 2.05) is 58.9 Å². The van der Waals surface area contributed by atoms with E-state index >= 15 is 0 Å². The quantitative estimate of drug-likeness (QED) is 0.525. The average Bonchev–Trinajstić information content (AvgIpc) is 2.73. The Bertz CT molecular complexity index is 1130. The van der Waals surface area contributed by atoms with Crippen molar-refractivity contribution in [1.29, 1.82) is 0 Å². The molecule has 7 nitrogen and oxygen atoms in total. The van der Waals surface area contributed by atoms with Gasteiger partial charge in [0.05, 0.1) is 11.9 Å². The normalized spacial score (nSPS) is 12.4. The molecule has 0 aliphatic heterocycles. The second kappa shape index (κ2) is 11.7. The minimum Gasteiger partial charge on any atom is -0.352 e. The molecular formula is C25H34ClN3O4S. The topological polar surface area (TPSA) is 86.8 Å². The van der Waals surface area contributed by atoms with E-state index < -0.39 is 28.5 Å². The Morgan fingerprint density at radius 2 is 1.71 bits per heavy atom. The molecule has 34 heavy (non-hydrogen) atoms. The Morgan fingerprint density at radius 3 is 2.24 bits per heavy atom. The van der Waals surface area contributed by atoms with Crippen molar-refractivity contribution in [3.8, 4) is 0 Å². The monoisotopic (exact) mass is 507 g/mol. The Hall–Kier alpha value is -2.58. The number of carbonyl (C=O) groups is 2. The van der Waals surface area contributed by atoms with Gasteiger partial charge in [-0.3, -0.25) is 13.9 Å². The lowest BCUT2D eigenvalue weighted by atomic mass is 10.1. The van der Waals surface area contributed by atoms with Crippen LogP contribution in [0.15, 0.2) is 42.5 Å².